The highest BCUT2D eigenvalue weighted by molar-refractivity contribution is 5.33. The molecule has 2 nitrogen and oxygen atoms in total. The highest BCUT2D eigenvalue weighted by atomic mass is 19.4. The van der Waals surface area contributed by atoms with Gasteiger partial charge in [-0.3, -0.25) is 0 Å². The van der Waals surface area contributed by atoms with E-state index in [-0.39, 0.29) is 12.1 Å². The molecule has 2 atom stereocenters. The second-order valence-corrected chi connectivity index (χ2v) is 5.57. The summed E-state index contributed by atoms with van der Waals surface area (Å²) >= 11 is 0. The Bertz CT molecular complexity index is 653. The van der Waals surface area contributed by atoms with Crippen LogP contribution >= 0.6 is 0 Å². The summed E-state index contributed by atoms with van der Waals surface area (Å²) in [6.45, 7) is 1.99. The largest absolute Gasteiger partial charge is 0.416 e. The van der Waals surface area contributed by atoms with Gasteiger partial charge in [-0.25, -0.2) is 0 Å². The van der Waals surface area contributed by atoms with Crippen molar-refractivity contribution in [3.63, 3.8) is 0 Å². The topological polar surface area (TPSA) is 24.1 Å². The first-order valence-electron chi connectivity index (χ1n) is 7.45. The molecule has 0 aliphatic rings. The van der Waals surface area contributed by atoms with Crippen molar-refractivity contribution >= 4 is 0 Å². The number of likely N-dealkylation sites (N-methyl/N-ethyl adjacent to an activating group) is 2. The van der Waals surface area contributed by atoms with Crippen LogP contribution in [0.3, 0.4) is 0 Å². The molecule has 0 aromatic heterocycles. The summed E-state index contributed by atoms with van der Waals surface area (Å²) in [6, 6.07) is 13.0. The fourth-order valence-electron chi connectivity index (χ4n) is 2.82. The molecular weight excluding hydrogens is 301 g/mol. The zero-order chi connectivity index (χ0) is 17.0. The molecule has 0 radical (unpaired) electrons. The van der Waals surface area contributed by atoms with E-state index in [0.717, 1.165) is 17.2 Å². The van der Waals surface area contributed by atoms with Crippen LogP contribution in [0.4, 0.5) is 13.2 Å². The summed E-state index contributed by atoms with van der Waals surface area (Å²) in [4.78, 5) is 0. The number of benzene rings is 2. The third kappa shape index (κ3) is 4.12. The first-order valence-corrected chi connectivity index (χ1v) is 7.45. The lowest BCUT2D eigenvalue weighted by atomic mass is 9.92. The van der Waals surface area contributed by atoms with Crippen molar-refractivity contribution in [2.24, 2.45) is 0 Å². The average Bonchev–Trinajstić information content (AvgIpc) is 2.51. The highest BCUT2D eigenvalue weighted by Crippen LogP contribution is 2.34. The van der Waals surface area contributed by atoms with Crippen LogP contribution in [0.2, 0.25) is 0 Å². The lowest BCUT2D eigenvalue weighted by Gasteiger charge is -2.28. The normalized spacial score (nSPS) is 14.5. The molecule has 0 fully saturated rings. The van der Waals surface area contributed by atoms with Crippen molar-refractivity contribution in [3.05, 3.63) is 70.8 Å². The molecule has 0 saturated heterocycles. The number of aryl methyl sites for hydroxylation is 1. The molecule has 124 valence electrons. The first-order chi connectivity index (χ1) is 10.9. The fourth-order valence-corrected chi connectivity index (χ4v) is 2.82. The third-order valence-corrected chi connectivity index (χ3v) is 3.93. The molecule has 0 heterocycles. The van der Waals surface area contributed by atoms with E-state index < -0.39 is 11.7 Å². The van der Waals surface area contributed by atoms with Crippen molar-refractivity contribution in [1.82, 2.24) is 10.6 Å². The zero-order valence-corrected chi connectivity index (χ0v) is 13.4. The summed E-state index contributed by atoms with van der Waals surface area (Å²) in [6.07, 6.45) is -4.34. The van der Waals surface area contributed by atoms with E-state index in [1.807, 2.05) is 38.2 Å². The van der Waals surface area contributed by atoms with Gasteiger partial charge < -0.3 is 10.6 Å². The summed E-state index contributed by atoms with van der Waals surface area (Å²) in [7, 11) is 3.57. The van der Waals surface area contributed by atoms with Crippen LogP contribution in [0.1, 0.15) is 34.3 Å². The second-order valence-electron chi connectivity index (χ2n) is 5.57. The summed E-state index contributed by atoms with van der Waals surface area (Å²) in [5, 5.41) is 6.35. The minimum Gasteiger partial charge on any atom is -0.311 e. The van der Waals surface area contributed by atoms with Gasteiger partial charge in [-0.05, 0) is 44.3 Å². The Morgan fingerprint density at radius 2 is 1.35 bits per heavy atom. The Kier molecular flexibility index (Phi) is 5.44. The van der Waals surface area contributed by atoms with Gasteiger partial charge in [-0.15, -0.1) is 0 Å². The zero-order valence-electron chi connectivity index (χ0n) is 13.4. The minimum absolute atomic E-state index is 0.136. The van der Waals surface area contributed by atoms with Crippen molar-refractivity contribution in [2.75, 3.05) is 14.1 Å². The van der Waals surface area contributed by atoms with Gasteiger partial charge in [0.15, 0.2) is 0 Å². The van der Waals surface area contributed by atoms with E-state index in [2.05, 4.69) is 10.6 Å². The summed E-state index contributed by atoms with van der Waals surface area (Å²) in [5.41, 5.74) is 2.11. The number of nitrogens with one attached hydrogen (secondary N) is 2. The molecule has 2 N–H and O–H groups in total. The van der Waals surface area contributed by atoms with Gasteiger partial charge in [0, 0.05) is 0 Å². The SMILES string of the molecule is CN[C@@H](c1cccc(C)c1)[C@@H](NC)c1cccc(C(F)(F)F)c1. The minimum atomic E-state index is -4.34. The van der Waals surface area contributed by atoms with Gasteiger partial charge in [0.25, 0.3) is 0 Å². The average molecular weight is 322 g/mol. The van der Waals surface area contributed by atoms with E-state index in [4.69, 9.17) is 0 Å². The molecule has 23 heavy (non-hydrogen) atoms. The van der Waals surface area contributed by atoms with E-state index in [9.17, 15) is 13.2 Å². The Hall–Kier alpha value is -1.85. The van der Waals surface area contributed by atoms with Gasteiger partial charge in [-0.2, -0.15) is 13.2 Å². The number of alkyl halides is 3. The second kappa shape index (κ2) is 7.15. The van der Waals surface area contributed by atoms with Crippen LogP contribution in [0.15, 0.2) is 48.5 Å². The van der Waals surface area contributed by atoms with E-state index >= 15 is 0 Å². The first kappa shape index (κ1) is 17.5. The van der Waals surface area contributed by atoms with E-state index in [1.54, 1.807) is 13.1 Å². The van der Waals surface area contributed by atoms with Crippen LogP contribution < -0.4 is 10.6 Å². The van der Waals surface area contributed by atoms with Gasteiger partial charge in [0.2, 0.25) is 0 Å². The molecule has 5 heteroatoms. The molecule has 0 saturated carbocycles. The van der Waals surface area contributed by atoms with Gasteiger partial charge in [0.05, 0.1) is 17.6 Å². The maximum Gasteiger partial charge on any atom is 0.416 e. The predicted molar refractivity (Wildman–Crippen MR) is 86.2 cm³/mol. The van der Waals surface area contributed by atoms with Crippen molar-refractivity contribution < 1.29 is 13.2 Å². The van der Waals surface area contributed by atoms with Crippen LogP contribution in [-0.4, -0.2) is 14.1 Å². The van der Waals surface area contributed by atoms with Crippen LogP contribution in [0, 0.1) is 6.92 Å². The lowest BCUT2D eigenvalue weighted by Crippen LogP contribution is -2.32. The van der Waals surface area contributed by atoms with Gasteiger partial charge in [-0.1, -0.05) is 42.0 Å². The van der Waals surface area contributed by atoms with E-state index in [1.165, 1.54) is 12.1 Å². The van der Waals surface area contributed by atoms with Crippen molar-refractivity contribution in [3.8, 4) is 0 Å². The maximum atomic E-state index is 13.0. The molecule has 2 rings (SSSR count). The molecule has 0 aliphatic heterocycles. The molecule has 0 aliphatic carbocycles. The maximum absolute atomic E-state index is 13.0. The lowest BCUT2D eigenvalue weighted by molar-refractivity contribution is -0.137. The smallest absolute Gasteiger partial charge is 0.311 e. The van der Waals surface area contributed by atoms with Crippen LogP contribution in [0.25, 0.3) is 0 Å². The number of halogens is 3. The third-order valence-electron chi connectivity index (χ3n) is 3.93. The van der Waals surface area contributed by atoms with Gasteiger partial charge >= 0.3 is 6.18 Å². The Morgan fingerprint density at radius 1 is 0.826 bits per heavy atom. The monoisotopic (exact) mass is 322 g/mol. The Balaban J connectivity index is 2.41. The number of hydrogen-bond donors (Lipinski definition) is 2. The summed E-state index contributed by atoms with van der Waals surface area (Å²) < 4.78 is 38.9. The number of rotatable bonds is 5. The molecule has 0 spiro atoms. The predicted octanol–water partition coefficient (Wildman–Crippen LogP) is 4.24. The molecule has 2 aromatic carbocycles. The quantitative estimate of drug-likeness (QED) is 0.860. The van der Waals surface area contributed by atoms with Gasteiger partial charge in [0.1, 0.15) is 0 Å². The summed E-state index contributed by atoms with van der Waals surface area (Å²) in [5.74, 6) is 0. The molecule has 2 aromatic rings. The van der Waals surface area contributed by atoms with Crippen LogP contribution in [0.5, 0.6) is 0 Å². The molecule has 0 bridgehead atoms. The standard InChI is InChI=1S/C18H21F3N2/c1-12-6-4-7-13(10-12)16(22-2)17(23-3)14-8-5-9-15(11-14)18(19,20)21/h4-11,16-17,22-23H,1-3H3/t16-,17-/m0/s1. The molecule has 0 unspecified atom stereocenters. The fraction of sp³-hybridized carbons (Fsp3) is 0.333. The Morgan fingerprint density at radius 3 is 1.83 bits per heavy atom. The number of hydrogen-bond acceptors (Lipinski definition) is 2. The highest BCUT2D eigenvalue weighted by Gasteiger charge is 2.31. The van der Waals surface area contributed by atoms with Crippen molar-refractivity contribution in [1.29, 1.82) is 0 Å². The Labute approximate surface area is 134 Å². The molecule has 0 amide bonds. The van der Waals surface area contributed by atoms with Crippen LogP contribution in [-0.2, 0) is 6.18 Å². The molecular formula is C18H21F3N2. The van der Waals surface area contributed by atoms with Crippen molar-refractivity contribution in [2.45, 2.75) is 25.2 Å². The van der Waals surface area contributed by atoms with E-state index in [0.29, 0.717) is 5.56 Å².